The van der Waals surface area contributed by atoms with E-state index in [0.29, 0.717) is 5.69 Å². The van der Waals surface area contributed by atoms with Gasteiger partial charge in [-0.25, -0.2) is 4.79 Å². The standard InChI is InChI=1S/C14H14N2O4/c1-9(17)10(2)20-14(19)11-3-5-12(6-4-11)16-13(18)7-8-15/h3-6,10H,7H2,1-2H3,(H,16,18). The predicted molar refractivity (Wildman–Crippen MR) is 70.9 cm³/mol. The fourth-order valence-electron chi connectivity index (χ4n) is 1.28. The topological polar surface area (TPSA) is 96.3 Å². The number of ketones is 1. The summed E-state index contributed by atoms with van der Waals surface area (Å²) in [5.41, 5.74) is 0.748. The molecule has 6 nitrogen and oxygen atoms in total. The van der Waals surface area contributed by atoms with Crippen LogP contribution in [0.3, 0.4) is 0 Å². The van der Waals surface area contributed by atoms with Crippen molar-refractivity contribution in [3.63, 3.8) is 0 Å². The summed E-state index contributed by atoms with van der Waals surface area (Å²) in [6.45, 7) is 2.84. The predicted octanol–water partition coefficient (Wildman–Crippen LogP) is 1.67. The number of carbonyl (C=O) groups excluding carboxylic acids is 3. The molecule has 0 aromatic heterocycles. The van der Waals surface area contributed by atoms with Crippen LogP contribution < -0.4 is 5.32 Å². The van der Waals surface area contributed by atoms with E-state index < -0.39 is 18.0 Å². The quantitative estimate of drug-likeness (QED) is 0.824. The number of anilines is 1. The summed E-state index contributed by atoms with van der Waals surface area (Å²) >= 11 is 0. The molecule has 0 fully saturated rings. The smallest absolute Gasteiger partial charge is 0.338 e. The van der Waals surface area contributed by atoms with E-state index in [4.69, 9.17) is 10.00 Å². The average molecular weight is 274 g/mol. The lowest BCUT2D eigenvalue weighted by Crippen LogP contribution is -2.21. The van der Waals surface area contributed by atoms with Crippen LogP contribution >= 0.6 is 0 Å². The molecule has 0 aliphatic heterocycles. The lowest BCUT2D eigenvalue weighted by molar-refractivity contribution is -0.124. The van der Waals surface area contributed by atoms with Crippen LogP contribution in [0.4, 0.5) is 5.69 Å². The Morgan fingerprint density at radius 3 is 2.40 bits per heavy atom. The molecular weight excluding hydrogens is 260 g/mol. The van der Waals surface area contributed by atoms with Gasteiger partial charge in [0.1, 0.15) is 6.42 Å². The Morgan fingerprint density at radius 1 is 1.30 bits per heavy atom. The van der Waals surface area contributed by atoms with Gasteiger partial charge in [-0.2, -0.15) is 5.26 Å². The lowest BCUT2D eigenvalue weighted by atomic mass is 10.2. The third-order valence-electron chi connectivity index (χ3n) is 2.50. The molecule has 20 heavy (non-hydrogen) atoms. The summed E-state index contributed by atoms with van der Waals surface area (Å²) in [6.07, 6.45) is -1.03. The molecule has 0 bridgehead atoms. The van der Waals surface area contributed by atoms with E-state index in [1.165, 1.54) is 38.1 Å². The van der Waals surface area contributed by atoms with Crippen molar-refractivity contribution in [3.05, 3.63) is 29.8 Å². The number of carbonyl (C=O) groups is 3. The SMILES string of the molecule is CC(=O)C(C)OC(=O)c1ccc(NC(=O)CC#N)cc1. The van der Waals surface area contributed by atoms with Crippen LogP contribution in [0.5, 0.6) is 0 Å². The number of benzene rings is 1. The van der Waals surface area contributed by atoms with Crippen LogP contribution in [-0.4, -0.2) is 23.8 Å². The monoisotopic (exact) mass is 274 g/mol. The molecular formula is C14H14N2O4. The number of hydrogen-bond donors (Lipinski definition) is 1. The highest BCUT2D eigenvalue weighted by atomic mass is 16.5. The summed E-state index contributed by atoms with van der Waals surface area (Å²) in [7, 11) is 0. The Bertz CT molecular complexity index is 558. The maximum atomic E-state index is 11.7. The molecule has 1 unspecified atom stereocenters. The molecule has 0 saturated carbocycles. The third kappa shape index (κ3) is 4.53. The number of hydrogen-bond acceptors (Lipinski definition) is 5. The van der Waals surface area contributed by atoms with Crippen LogP contribution in [0, 0.1) is 11.3 Å². The Balaban J connectivity index is 2.67. The molecule has 1 atom stereocenters. The van der Waals surface area contributed by atoms with Crippen molar-refractivity contribution in [1.29, 1.82) is 5.26 Å². The summed E-state index contributed by atoms with van der Waals surface area (Å²) in [5.74, 6) is -1.27. The molecule has 6 heteroatoms. The van der Waals surface area contributed by atoms with E-state index in [9.17, 15) is 14.4 Å². The number of Topliss-reactive ketones (excluding diaryl/α,β-unsaturated/α-hetero) is 1. The van der Waals surface area contributed by atoms with Crippen molar-refractivity contribution in [2.45, 2.75) is 26.4 Å². The molecule has 1 aromatic rings. The zero-order chi connectivity index (χ0) is 15.1. The van der Waals surface area contributed by atoms with E-state index in [2.05, 4.69) is 5.32 Å². The van der Waals surface area contributed by atoms with Gasteiger partial charge in [-0.3, -0.25) is 9.59 Å². The van der Waals surface area contributed by atoms with Crippen molar-refractivity contribution < 1.29 is 19.1 Å². The Labute approximate surface area is 116 Å². The van der Waals surface area contributed by atoms with Gasteiger partial charge in [0.15, 0.2) is 11.9 Å². The summed E-state index contributed by atoms with van der Waals surface area (Å²) < 4.78 is 4.94. The number of nitrogens with one attached hydrogen (secondary N) is 1. The van der Waals surface area contributed by atoms with Gasteiger partial charge in [0.2, 0.25) is 5.91 Å². The summed E-state index contributed by atoms with van der Waals surface area (Å²) in [6, 6.07) is 7.71. The van der Waals surface area contributed by atoms with Crippen LogP contribution in [0.1, 0.15) is 30.6 Å². The van der Waals surface area contributed by atoms with Crippen molar-refractivity contribution in [3.8, 4) is 6.07 Å². The normalized spacial score (nSPS) is 11.1. The number of esters is 1. The lowest BCUT2D eigenvalue weighted by Gasteiger charge is -2.10. The molecule has 1 N–H and O–H groups in total. The number of nitriles is 1. The van der Waals surface area contributed by atoms with Crippen molar-refractivity contribution in [2.24, 2.45) is 0 Å². The minimum atomic E-state index is -0.794. The molecule has 1 amide bonds. The Hall–Kier alpha value is -2.68. The first-order valence-electron chi connectivity index (χ1n) is 5.92. The summed E-state index contributed by atoms with van der Waals surface area (Å²) in [5, 5.41) is 10.9. The molecule has 104 valence electrons. The van der Waals surface area contributed by atoms with Gasteiger partial charge in [-0.05, 0) is 38.1 Å². The third-order valence-corrected chi connectivity index (χ3v) is 2.50. The first-order valence-corrected chi connectivity index (χ1v) is 5.92. The van der Waals surface area contributed by atoms with Gasteiger partial charge in [0.25, 0.3) is 0 Å². The zero-order valence-electron chi connectivity index (χ0n) is 11.2. The van der Waals surface area contributed by atoms with Crippen LogP contribution in [0.15, 0.2) is 24.3 Å². The van der Waals surface area contributed by atoms with E-state index in [-0.39, 0.29) is 17.8 Å². The highest BCUT2D eigenvalue weighted by Gasteiger charge is 2.15. The molecule has 0 spiro atoms. The van der Waals surface area contributed by atoms with E-state index >= 15 is 0 Å². The first kappa shape index (κ1) is 15.4. The van der Waals surface area contributed by atoms with Crippen LogP contribution in [0.25, 0.3) is 0 Å². The fraction of sp³-hybridized carbons (Fsp3) is 0.286. The minimum absolute atomic E-state index is 0.236. The van der Waals surface area contributed by atoms with Gasteiger partial charge < -0.3 is 10.1 Å². The molecule has 0 aliphatic rings. The van der Waals surface area contributed by atoms with E-state index in [1.807, 2.05) is 0 Å². The zero-order valence-corrected chi connectivity index (χ0v) is 11.2. The van der Waals surface area contributed by atoms with Gasteiger partial charge in [-0.15, -0.1) is 0 Å². The second kappa shape index (κ2) is 7.04. The van der Waals surface area contributed by atoms with Gasteiger partial charge in [0.05, 0.1) is 11.6 Å². The minimum Gasteiger partial charge on any atom is -0.451 e. The Morgan fingerprint density at radius 2 is 1.90 bits per heavy atom. The highest BCUT2D eigenvalue weighted by Crippen LogP contribution is 2.11. The number of amides is 1. The maximum Gasteiger partial charge on any atom is 0.338 e. The number of rotatable bonds is 5. The fourth-order valence-corrected chi connectivity index (χ4v) is 1.28. The second-order valence-corrected chi connectivity index (χ2v) is 4.12. The van der Waals surface area contributed by atoms with Crippen LogP contribution in [0.2, 0.25) is 0 Å². The largest absolute Gasteiger partial charge is 0.451 e. The molecule has 1 rings (SSSR count). The molecule has 0 radical (unpaired) electrons. The number of ether oxygens (including phenoxy) is 1. The highest BCUT2D eigenvalue weighted by molar-refractivity contribution is 5.94. The van der Waals surface area contributed by atoms with E-state index in [0.717, 1.165) is 0 Å². The molecule has 0 heterocycles. The summed E-state index contributed by atoms with van der Waals surface area (Å²) in [4.78, 5) is 33.9. The Kier molecular flexibility index (Phi) is 5.42. The van der Waals surface area contributed by atoms with Gasteiger partial charge in [0, 0.05) is 5.69 Å². The maximum absolute atomic E-state index is 11.7. The molecule has 0 saturated heterocycles. The molecule has 1 aromatic carbocycles. The first-order chi connectivity index (χ1) is 9.43. The molecule has 0 aliphatic carbocycles. The van der Waals surface area contributed by atoms with Crippen LogP contribution in [-0.2, 0) is 14.3 Å². The van der Waals surface area contributed by atoms with Crippen molar-refractivity contribution in [1.82, 2.24) is 0 Å². The number of nitrogens with zero attached hydrogens (tertiary/aromatic N) is 1. The van der Waals surface area contributed by atoms with E-state index in [1.54, 1.807) is 6.07 Å². The van der Waals surface area contributed by atoms with Gasteiger partial charge >= 0.3 is 5.97 Å². The van der Waals surface area contributed by atoms with Crippen molar-refractivity contribution in [2.75, 3.05) is 5.32 Å². The second-order valence-electron chi connectivity index (χ2n) is 4.12. The average Bonchev–Trinajstić information content (AvgIpc) is 2.39. The van der Waals surface area contributed by atoms with Crippen molar-refractivity contribution >= 4 is 23.3 Å². The van der Waals surface area contributed by atoms with Gasteiger partial charge in [-0.1, -0.05) is 0 Å².